The van der Waals surface area contributed by atoms with Crippen LogP contribution in [0.15, 0.2) is 4.99 Å². The van der Waals surface area contributed by atoms with E-state index in [9.17, 15) is 14.4 Å². The van der Waals surface area contributed by atoms with Crippen molar-refractivity contribution in [3.8, 4) is 0 Å². The summed E-state index contributed by atoms with van der Waals surface area (Å²) in [5.74, 6) is -0.197. The normalized spacial score (nSPS) is 19.8. The van der Waals surface area contributed by atoms with E-state index in [1.165, 1.54) is 0 Å². The third-order valence-corrected chi connectivity index (χ3v) is 4.40. The van der Waals surface area contributed by atoms with E-state index in [0.29, 0.717) is 25.8 Å². The van der Waals surface area contributed by atoms with Gasteiger partial charge in [-0.25, -0.2) is 4.79 Å². The lowest BCUT2D eigenvalue weighted by Gasteiger charge is -2.30. The molecule has 1 rings (SSSR count). The number of hydrogen-bond acceptors (Lipinski definition) is 5. The number of nitrogens with one attached hydrogen (secondary N) is 2. The van der Waals surface area contributed by atoms with Crippen LogP contribution in [0.1, 0.15) is 60.8 Å². The molecule has 2 N–H and O–H groups in total. The van der Waals surface area contributed by atoms with E-state index in [1.54, 1.807) is 38.9 Å². The summed E-state index contributed by atoms with van der Waals surface area (Å²) in [5.41, 5.74) is -0.637. The Hall–Kier alpha value is -2.12. The fraction of sp³-hybridized carbons (Fsp3) is 0.800. The van der Waals surface area contributed by atoms with Crippen LogP contribution < -0.4 is 10.6 Å². The first-order valence-electron chi connectivity index (χ1n) is 10.0. The van der Waals surface area contributed by atoms with E-state index >= 15 is 0 Å². The van der Waals surface area contributed by atoms with Crippen molar-refractivity contribution >= 4 is 24.1 Å². The van der Waals surface area contributed by atoms with Gasteiger partial charge in [-0.1, -0.05) is 20.8 Å². The molecule has 0 aromatic heterocycles. The molecule has 160 valence electrons. The molecule has 1 aliphatic rings. The van der Waals surface area contributed by atoms with Crippen molar-refractivity contribution in [2.45, 2.75) is 84.5 Å². The summed E-state index contributed by atoms with van der Waals surface area (Å²) in [6, 6.07) is -1.41. The monoisotopic (exact) mass is 396 g/mol. The van der Waals surface area contributed by atoms with Crippen LogP contribution in [0.25, 0.3) is 0 Å². The number of nitrogens with zero attached hydrogens (tertiary/aromatic N) is 2. The Labute approximate surface area is 168 Å². The summed E-state index contributed by atoms with van der Waals surface area (Å²) < 4.78 is 5.24. The Morgan fingerprint density at radius 1 is 1.36 bits per heavy atom. The Kier molecular flexibility index (Phi) is 8.91. The zero-order valence-corrected chi connectivity index (χ0v) is 18.2. The number of likely N-dealkylation sites (tertiary alicyclic amines) is 1. The smallest absolute Gasteiger partial charge is 0.408 e. The predicted molar refractivity (Wildman–Crippen MR) is 109 cm³/mol. The first kappa shape index (κ1) is 23.9. The molecular weight excluding hydrogens is 360 g/mol. The summed E-state index contributed by atoms with van der Waals surface area (Å²) in [7, 11) is 1.66. The maximum atomic E-state index is 12.9. The Morgan fingerprint density at radius 2 is 2.00 bits per heavy atom. The van der Waals surface area contributed by atoms with E-state index in [4.69, 9.17) is 4.74 Å². The highest BCUT2D eigenvalue weighted by molar-refractivity contribution is 5.93. The topological polar surface area (TPSA) is 100 Å². The van der Waals surface area contributed by atoms with Crippen LogP contribution in [0.5, 0.6) is 0 Å². The van der Waals surface area contributed by atoms with Crippen molar-refractivity contribution in [3.63, 3.8) is 0 Å². The van der Waals surface area contributed by atoms with Crippen molar-refractivity contribution in [1.82, 2.24) is 15.5 Å². The summed E-state index contributed by atoms with van der Waals surface area (Å²) in [6.45, 7) is 11.7. The number of ether oxygens (including phenoxy) is 1. The molecule has 1 saturated heterocycles. The molecule has 3 amide bonds. The molecule has 0 saturated carbocycles. The second-order valence-electron chi connectivity index (χ2n) is 8.60. The van der Waals surface area contributed by atoms with Gasteiger partial charge in [0.05, 0.1) is 6.04 Å². The number of carbonyl (C=O) groups excluding carboxylic acids is 3. The molecular formula is C20H36N4O4. The third kappa shape index (κ3) is 7.48. The minimum Gasteiger partial charge on any atom is -0.444 e. The average molecular weight is 397 g/mol. The van der Waals surface area contributed by atoms with Gasteiger partial charge in [-0.2, -0.15) is 0 Å². The quantitative estimate of drug-likeness (QED) is 0.614. The van der Waals surface area contributed by atoms with E-state index < -0.39 is 23.8 Å². The maximum Gasteiger partial charge on any atom is 0.408 e. The first-order chi connectivity index (χ1) is 13.0. The molecule has 1 heterocycles. The lowest BCUT2D eigenvalue weighted by molar-refractivity contribution is -0.139. The molecule has 3 atom stereocenters. The highest BCUT2D eigenvalue weighted by Gasteiger charge is 2.40. The van der Waals surface area contributed by atoms with Gasteiger partial charge in [-0.05, 0) is 46.0 Å². The van der Waals surface area contributed by atoms with E-state index in [2.05, 4.69) is 15.6 Å². The standard InChI is InChI=1S/C20H36N4O4/c1-8-14(12-21-7)22-17(25)16(11-13(2)3)24-10-9-15(18(24)26)23-19(27)28-20(4,5)6/h12-16H,8-11H2,1-7H3,(H,22,25)(H,23,27)/t14-,15+,16-/m0/s1. The fourth-order valence-corrected chi connectivity index (χ4v) is 3.12. The van der Waals surface area contributed by atoms with E-state index in [1.807, 2.05) is 20.8 Å². The van der Waals surface area contributed by atoms with Crippen molar-refractivity contribution in [2.24, 2.45) is 10.9 Å². The van der Waals surface area contributed by atoms with Gasteiger partial charge in [0.25, 0.3) is 0 Å². The molecule has 0 unspecified atom stereocenters. The highest BCUT2D eigenvalue weighted by atomic mass is 16.6. The second kappa shape index (κ2) is 10.4. The van der Waals surface area contributed by atoms with Gasteiger partial charge in [0.15, 0.2) is 0 Å². The fourth-order valence-electron chi connectivity index (χ4n) is 3.12. The van der Waals surface area contributed by atoms with Crippen molar-refractivity contribution < 1.29 is 19.1 Å². The minimum atomic E-state index is -0.670. The second-order valence-corrected chi connectivity index (χ2v) is 8.60. The SMILES string of the molecule is CC[C@@H](C=NC)NC(=O)[C@H](CC(C)C)N1CC[C@@H](NC(=O)OC(C)(C)C)C1=O. The Morgan fingerprint density at radius 3 is 2.50 bits per heavy atom. The lowest BCUT2D eigenvalue weighted by Crippen LogP contribution is -2.53. The van der Waals surface area contributed by atoms with Crippen molar-refractivity contribution in [2.75, 3.05) is 13.6 Å². The average Bonchev–Trinajstić information content (AvgIpc) is 2.90. The zero-order valence-electron chi connectivity index (χ0n) is 18.2. The molecule has 28 heavy (non-hydrogen) atoms. The van der Waals surface area contributed by atoms with E-state index in [-0.39, 0.29) is 23.8 Å². The van der Waals surface area contributed by atoms with Gasteiger partial charge in [0.2, 0.25) is 11.8 Å². The molecule has 0 aliphatic carbocycles. The molecule has 1 fully saturated rings. The molecule has 8 heteroatoms. The number of aliphatic imine (C=N–C) groups is 1. The zero-order chi connectivity index (χ0) is 21.5. The van der Waals surface area contributed by atoms with Gasteiger partial charge in [0, 0.05) is 19.8 Å². The molecule has 0 aromatic rings. The first-order valence-corrected chi connectivity index (χ1v) is 10.0. The lowest BCUT2D eigenvalue weighted by atomic mass is 10.0. The molecule has 0 aromatic carbocycles. The minimum absolute atomic E-state index is 0.166. The van der Waals surface area contributed by atoms with Gasteiger partial charge in [0.1, 0.15) is 17.7 Å². The predicted octanol–water partition coefficient (Wildman–Crippen LogP) is 2.12. The largest absolute Gasteiger partial charge is 0.444 e. The van der Waals surface area contributed by atoms with Crippen LogP contribution in [0.2, 0.25) is 0 Å². The summed E-state index contributed by atoms with van der Waals surface area (Å²) >= 11 is 0. The van der Waals surface area contributed by atoms with Crippen LogP contribution in [0.3, 0.4) is 0 Å². The van der Waals surface area contributed by atoms with Crippen molar-refractivity contribution in [1.29, 1.82) is 0 Å². The van der Waals surface area contributed by atoms with Gasteiger partial charge in [-0.15, -0.1) is 0 Å². The van der Waals surface area contributed by atoms with Crippen LogP contribution in [-0.2, 0) is 14.3 Å². The highest BCUT2D eigenvalue weighted by Crippen LogP contribution is 2.21. The third-order valence-electron chi connectivity index (χ3n) is 4.40. The molecule has 0 bridgehead atoms. The summed E-state index contributed by atoms with van der Waals surface area (Å²) in [5, 5.41) is 5.59. The van der Waals surface area contributed by atoms with Gasteiger partial charge >= 0.3 is 6.09 Å². The van der Waals surface area contributed by atoms with E-state index in [0.717, 1.165) is 0 Å². The molecule has 0 radical (unpaired) electrons. The summed E-state index contributed by atoms with van der Waals surface area (Å²) in [6.07, 6.45) is 2.80. The van der Waals surface area contributed by atoms with Crippen LogP contribution in [0, 0.1) is 5.92 Å². The molecule has 8 nitrogen and oxygen atoms in total. The Balaban J connectivity index is 2.85. The van der Waals surface area contributed by atoms with Crippen LogP contribution in [0.4, 0.5) is 4.79 Å². The number of rotatable bonds is 8. The molecule has 0 spiro atoms. The maximum absolute atomic E-state index is 12.9. The molecule has 1 aliphatic heterocycles. The van der Waals surface area contributed by atoms with Gasteiger partial charge < -0.3 is 20.3 Å². The van der Waals surface area contributed by atoms with Crippen LogP contribution in [-0.4, -0.2) is 66.3 Å². The number of carbonyl (C=O) groups is 3. The number of hydrogen-bond donors (Lipinski definition) is 2. The number of amides is 3. The van der Waals surface area contributed by atoms with Gasteiger partial charge in [-0.3, -0.25) is 14.6 Å². The Bertz CT molecular complexity index is 583. The summed E-state index contributed by atoms with van der Waals surface area (Å²) in [4.78, 5) is 43.3. The van der Waals surface area contributed by atoms with Crippen molar-refractivity contribution in [3.05, 3.63) is 0 Å². The number of alkyl carbamates (subject to hydrolysis) is 1. The van der Waals surface area contributed by atoms with Crippen LogP contribution >= 0.6 is 0 Å².